The molecular formula is C54H34N2O2. The molecule has 0 saturated heterocycles. The van der Waals surface area contributed by atoms with Crippen LogP contribution in [-0.2, 0) is 0 Å². The van der Waals surface area contributed by atoms with Crippen molar-refractivity contribution in [2.24, 2.45) is 0 Å². The van der Waals surface area contributed by atoms with Crippen LogP contribution in [0.4, 0.5) is 17.1 Å². The molecule has 4 nitrogen and oxygen atoms in total. The zero-order chi connectivity index (χ0) is 38.2. The fraction of sp³-hybridized carbons (Fsp3) is 0. The van der Waals surface area contributed by atoms with Crippen LogP contribution in [0.1, 0.15) is 0 Å². The van der Waals surface area contributed by atoms with Gasteiger partial charge in [-0.15, -0.1) is 0 Å². The average Bonchev–Trinajstić information content (AvgIpc) is 3.97. The first-order valence-electron chi connectivity index (χ1n) is 19.7. The van der Waals surface area contributed by atoms with Crippen LogP contribution >= 0.6 is 0 Å². The van der Waals surface area contributed by atoms with Gasteiger partial charge >= 0.3 is 0 Å². The Morgan fingerprint density at radius 1 is 0.362 bits per heavy atom. The molecule has 0 bridgehead atoms. The van der Waals surface area contributed by atoms with Gasteiger partial charge in [0, 0.05) is 49.6 Å². The fourth-order valence-electron chi connectivity index (χ4n) is 8.95. The monoisotopic (exact) mass is 742 g/mol. The zero-order valence-corrected chi connectivity index (χ0v) is 31.3. The van der Waals surface area contributed by atoms with Crippen LogP contribution in [0, 0.1) is 0 Å². The van der Waals surface area contributed by atoms with Crippen LogP contribution < -0.4 is 4.90 Å². The van der Waals surface area contributed by atoms with Crippen LogP contribution in [-0.4, -0.2) is 4.57 Å². The van der Waals surface area contributed by atoms with Crippen molar-refractivity contribution < 1.29 is 8.83 Å². The van der Waals surface area contributed by atoms with E-state index in [1.165, 1.54) is 21.9 Å². The predicted molar refractivity (Wildman–Crippen MR) is 241 cm³/mol. The molecule has 0 saturated carbocycles. The molecule has 3 heterocycles. The lowest BCUT2D eigenvalue weighted by atomic mass is 10.00. The van der Waals surface area contributed by atoms with Gasteiger partial charge in [-0.3, -0.25) is 0 Å². The molecule has 0 fully saturated rings. The molecule has 0 radical (unpaired) electrons. The molecule has 272 valence electrons. The van der Waals surface area contributed by atoms with Crippen LogP contribution in [0.15, 0.2) is 215 Å². The number of benzene rings is 9. The van der Waals surface area contributed by atoms with Gasteiger partial charge in [-0.2, -0.15) is 0 Å². The third kappa shape index (κ3) is 5.02. The second-order valence-electron chi connectivity index (χ2n) is 14.9. The molecule has 0 amide bonds. The summed E-state index contributed by atoms with van der Waals surface area (Å²) < 4.78 is 15.5. The number of rotatable bonds is 6. The molecule has 3 aromatic heterocycles. The van der Waals surface area contributed by atoms with Gasteiger partial charge in [-0.25, -0.2) is 0 Å². The first-order valence-corrected chi connectivity index (χ1v) is 19.7. The zero-order valence-electron chi connectivity index (χ0n) is 31.3. The normalized spacial score (nSPS) is 11.8. The lowest BCUT2D eigenvalue weighted by molar-refractivity contribution is 0.669. The molecule has 0 aliphatic heterocycles. The SMILES string of the molecule is c1ccc(-c2ccc3c(c2)c2ccccc2n3-c2cc(-c3ccc(N(c4ccccc4)c4cccc5oc6ccccc6c45)cc3)c3oc4ccccc4c3c2)cc1. The highest BCUT2D eigenvalue weighted by atomic mass is 16.3. The molecule has 4 heteroatoms. The maximum absolute atomic E-state index is 6.72. The number of anilines is 3. The van der Waals surface area contributed by atoms with E-state index in [-0.39, 0.29) is 0 Å². The highest BCUT2D eigenvalue weighted by molar-refractivity contribution is 6.15. The van der Waals surface area contributed by atoms with E-state index in [0.717, 1.165) is 88.8 Å². The van der Waals surface area contributed by atoms with E-state index in [0.29, 0.717) is 0 Å². The van der Waals surface area contributed by atoms with Gasteiger partial charge in [-0.05, 0) is 95.6 Å². The number of hydrogen-bond acceptors (Lipinski definition) is 3. The summed E-state index contributed by atoms with van der Waals surface area (Å²) in [5.74, 6) is 0. The Balaban J connectivity index is 1.06. The summed E-state index contributed by atoms with van der Waals surface area (Å²) in [5.41, 5.74) is 14.6. The lowest BCUT2D eigenvalue weighted by Crippen LogP contribution is -2.10. The Morgan fingerprint density at radius 2 is 0.983 bits per heavy atom. The smallest absolute Gasteiger partial charge is 0.143 e. The second-order valence-corrected chi connectivity index (χ2v) is 14.9. The molecular weight excluding hydrogens is 709 g/mol. The van der Waals surface area contributed by atoms with E-state index in [4.69, 9.17) is 8.83 Å². The van der Waals surface area contributed by atoms with Crippen molar-refractivity contribution in [1.82, 2.24) is 4.57 Å². The van der Waals surface area contributed by atoms with Gasteiger partial charge in [0.1, 0.15) is 22.3 Å². The molecule has 9 aromatic carbocycles. The topological polar surface area (TPSA) is 34.5 Å². The van der Waals surface area contributed by atoms with Gasteiger partial charge < -0.3 is 18.3 Å². The van der Waals surface area contributed by atoms with Gasteiger partial charge in [0.05, 0.1) is 22.1 Å². The van der Waals surface area contributed by atoms with E-state index < -0.39 is 0 Å². The van der Waals surface area contributed by atoms with E-state index in [1.807, 2.05) is 18.2 Å². The van der Waals surface area contributed by atoms with Crippen molar-refractivity contribution in [2.75, 3.05) is 4.90 Å². The van der Waals surface area contributed by atoms with Gasteiger partial charge in [0.2, 0.25) is 0 Å². The predicted octanol–water partition coefficient (Wildman–Crippen LogP) is 15.4. The number of hydrogen-bond donors (Lipinski definition) is 0. The Bertz CT molecular complexity index is 3500. The number of aromatic nitrogens is 1. The molecule has 0 atom stereocenters. The van der Waals surface area contributed by atoms with E-state index in [2.05, 4.69) is 198 Å². The Hall–Kier alpha value is -7.82. The van der Waals surface area contributed by atoms with Crippen LogP contribution in [0.2, 0.25) is 0 Å². The summed E-state index contributed by atoms with van der Waals surface area (Å²) in [4.78, 5) is 2.32. The third-order valence-electron chi connectivity index (χ3n) is 11.6. The minimum absolute atomic E-state index is 0.863. The summed E-state index contributed by atoms with van der Waals surface area (Å²) in [6, 6.07) is 73.2. The van der Waals surface area contributed by atoms with E-state index >= 15 is 0 Å². The van der Waals surface area contributed by atoms with E-state index in [9.17, 15) is 0 Å². The highest BCUT2D eigenvalue weighted by Gasteiger charge is 2.22. The Labute approximate surface area is 334 Å². The second kappa shape index (κ2) is 12.9. The molecule has 58 heavy (non-hydrogen) atoms. The van der Waals surface area contributed by atoms with E-state index in [1.54, 1.807) is 0 Å². The minimum Gasteiger partial charge on any atom is -0.456 e. The van der Waals surface area contributed by atoms with Crippen LogP contribution in [0.3, 0.4) is 0 Å². The Morgan fingerprint density at radius 3 is 1.79 bits per heavy atom. The molecule has 0 spiro atoms. The molecule has 12 aromatic rings. The van der Waals surface area contributed by atoms with Crippen LogP contribution in [0.5, 0.6) is 0 Å². The highest BCUT2D eigenvalue weighted by Crippen LogP contribution is 2.45. The number of para-hydroxylation sites is 4. The van der Waals surface area contributed by atoms with Gasteiger partial charge in [0.25, 0.3) is 0 Å². The quantitative estimate of drug-likeness (QED) is 0.170. The van der Waals surface area contributed by atoms with Gasteiger partial charge in [0.15, 0.2) is 0 Å². The minimum atomic E-state index is 0.863. The number of nitrogens with zero attached hydrogens (tertiary/aromatic N) is 2. The van der Waals surface area contributed by atoms with Crippen molar-refractivity contribution in [3.05, 3.63) is 206 Å². The average molecular weight is 743 g/mol. The van der Waals surface area contributed by atoms with Crippen LogP contribution in [0.25, 0.3) is 93.6 Å². The molecule has 0 aliphatic carbocycles. The maximum Gasteiger partial charge on any atom is 0.143 e. The summed E-state index contributed by atoms with van der Waals surface area (Å²) in [6.07, 6.45) is 0. The first kappa shape index (κ1) is 32.4. The first-order chi connectivity index (χ1) is 28.8. The van der Waals surface area contributed by atoms with Crippen molar-refractivity contribution in [2.45, 2.75) is 0 Å². The molecule has 0 aliphatic rings. The van der Waals surface area contributed by atoms with Crippen molar-refractivity contribution >= 4 is 82.7 Å². The molecule has 0 N–H and O–H groups in total. The van der Waals surface area contributed by atoms with Gasteiger partial charge in [-0.1, -0.05) is 127 Å². The maximum atomic E-state index is 6.72. The third-order valence-corrected chi connectivity index (χ3v) is 11.6. The summed E-state index contributed by atoms with van der Waals surface area (Å²) in [5, 5.41) is 6.81. The fourth-order valence-corrected chi connectivity index (χ4v) is 8.95. The Kier molecular flexibility index (Phi) is 7.20. The standard InChI is InChI=1S/C54H34N2O2/c1-3-14-35(15-4-1)37-28-31-48-45(32-37)41-18-7-10-21-47(41)56(48)40-33-44(54-46(34-40)42-19-8-11-23-50(42)58-54)36-26-29-39(30-27-36)55(38-16-5-2-6-17-38)49-22-13-25-52-53(49)43-20-9-12-24-51(43)57-52/h1-34H. The van der Waals surface area contributed by atoms with Crippen molar-refractivity contribution in [3.63, 3.8) is 0 Å². The lowest BCUT2D eigenvalue weighted by Gasteiger charge is -2.26. The van der Waals surface area contributed by atoms with Crippen molar-refractivity contribution in [1.29, 1.82) is 0 Å². The largest absolute Gasteiger partial charge is 0.456 e. The van der Waals surface area contributed by atoms with Crippen molar-refractivity contribution in [3.8, 4) is 27.9 Å². The number of fused-ring (bicyclic) bond motifs is 9. The summed E-state index contributed by atoms with van der Waals surface area (Å²) in [6.45, 7) is 0. The summed E-state index contributed by atoms with van der Waals surface area (Å²) in [7, 11) is 0. The number of furan rings is 2. The molecule has 12 rings (SSSR count). The summed E-state index contributed by atoms with van der Waals surface area (Å²) >= 11 is 0. The molecule has 0 unspecified atom stereocenters.